The van der Waals surface area contributed by atoms with Gasteiger partial charge in [-0.05, 0) is 34.2 Å². The molecule has 194 valence electrons. The van der Waals surface area contributed by atoms with Crippen LogP contribution < -0.4 is 10.2 Å². The van der Waals surface area contributed by atoms with Crippen molar-refractivity contribution in [1.29, 1.82) is 0 Å². The first-order valence-corrected chi connectivity index (χ1v) is 12.8. The second kappa shape index (κ2) is 9.56. The standard InChI is InChI=1S/C31H31N3O4/c1-19(35)33-27-11-6-5-10-25(27)32-26-17-22(20-12-14-23(15-13-20)31(2,3)4)18-28(36)29(26)30(33)21-8-7-9-24(16-21)34(37)38/h5-17,22,29-30,32H,18H2,1-4H3/t22-,29-,30-/m0/s1. The van der Waals surface area contributed by atoms with E-state index in [-0.39, 0.29) is 35.1 Å². The minimum atomic E-state index is -0.730. The molecule has 7 nitrogen and oxygen atoms in total. The Kier molecular flexibility index (Phi) is 6.39. The van der Waals surface area contributed by atoms with Gasteiger partial charge < -0.3 is 10.2 Å². The predicted octanol–water partition coefficient (Wildman–Crippen LogP) is 6.67. The molecule has 5 rings (SSSR count). The number of fused-ring (bicyclic) bond motifs is 2. The number of rotatable bonds is 3. The van der Waals surface area contributed by atoms with Crippen LogP contribution in [-0.4, -0.2) is 16.6 Å². The van der Waals surface area contributed by atoms with Crippen LogP contribution in [0.2, 0.25) is 0 Å². The molecule has 2 aliphatic rings. The predicted molar refractivity (Wildman–Crippen MR) is 148 cm³/mol. The highest BCUT2D eigenvalue weighted by Crippen LogP contribution is 2.48. The summed E-state index contributed by atoms with van der Waals surface area (Å²) in [5.74, 6) is -1.09. The first kappa shape index (κ1) is 25.4. The van der Waals surface area contributed by atoms with E-state index in [1.54, 1.807) is 17.0 Å². The Morgan fingerprint density at radius 2 is 1.71 bits per heavy atom. The molecule has 1 amide bonds. The Labute approximate surface area is 222 Å². The quantitative estimate of drug-likeness (QED) is 0.314. The molecule has 0 saturated heterocycles. The molecule has 1 aliphatic carbocycles. The van der Waals surface area contributed by atoms with Crippen LogP contribution in [0.15, 0.2) is 84.6 Å². The van der Waals surface area contributed by atoms with Crippen molar-refractivity contribution in [3.05, 3.63) is 111 Å². The van der Waals surface area contributed by atoms with Crippen LogP contribution in [0.25, 0.3) is 0 Å². The molecule has 0 unspecified atom stereocenters. The van der Waals surface area contributed by atoms with Crippen molar-refractivity contribution in [3.63, 3.8) is 0 Å². The van der Waals surface area contributed by atoms with Crippen LogP contribution in [0.1, 0.15) is 62.8 Å². The summed E-state index contributed by atoms with van der Waals surface area (Å²) in [7, 11) is 0. The van der Waals surface area contributed by atoms with Crippen molar-refractivity contribution in [3.8, 4) is 0 Å². The lowest BCUT2D eigenvalue weighted by Gasteiger charge is -2.37. The summed E-state index contributed by atoms with van der Waals surface area (Å²) in [6.45, 7) is 7.96. The molecule has 1 aliphatic heterocycles. The third kappa shape index (κ3) is 4.60. The highest BCUT2D eigenvalue weighted by atomic mass is 16.6. The summed E-state index contributed by atoms with van der Waals surface area (Å²) in [5.41, 5.74) is 4.81. The lowest BCUT2D eigenvalue weighted by atomic mass is 9.75. The van der Waals surface area contributed by atoms with E-state index in [1.807, 2.05) is 24.3 Å². The van der Waals surface area contributed by atoms with E-state index in [9.17, 15) is 19.7 Å². The van der Waals surface area contributed by atoms with Gasteiger partial charge in [0.1, 0.15) is 5.78 Å². The fourth-order valence-electron chi connectivity index (χ4n) is 5.58. The van der Waals surface area contributed by atoms with Gasteiger partial charge in [-0.25, -0.2) is 0 Å². The maximum absolute atomic E-state index is 14.0. The number of carbonyl (C=O) groups is 2. The number of hydrogen-bond donors (Lipinski definition) is 1. The van der Waals surface area contributed by atoms with E-state index in [2.05, 4.69) is 56.4 Å². The average molecular weight is 510 g/mol. The number of nitro groups is 1. The zero-order chi connectivity index (χ0) is 27.2. The number of para-hydroxylation sites is 2. The van der Waals surface area contributed by atoms with Crippen molar-refractivity contribution in [2.45, 2.75) is 51.5 Å². The molecule has 38 heavy (non-hydrogen) atoms. The lowest BCUT2D eigenvalue weighted by molar-refractivity contribution is -0.384. The van der Waals surface area contributed by atoms with Crippen LogP contribution in [0.3, 0.4) is 0 Å². The average Bonchev–Trinajstić information content (AvgIpc) is 3.03. The SMILES string of the molecule is CC(=O)N1c2ccccc2NC2=C[C@H](c3ccc(C(C)(C)C)cc3)CC(=O)[C@H]2[C@@H]1c1cccc([N+](=O)[O-])c1. The zero-order valence-corrected chi connectivity index (χ0v) is 22.0. The van der Waals surface area contributed by atoms with Crippen LogP contribution >= 0.6 is 0 Å². The number of nitro benzene ring substituents is 1. The summed E-state index contributed by atoms with van der Waals surface area (Å²) >= 11 is 0. The number of ketones is 1. The second-order valence-corrected chi connectivity index (χ2v) is 11.1. The van der Waals surface area contributed by atoms with Gasteiger partial charge in [-0.1, -0.05) is 75.4 Å². The fourth-order valence-corrected chi connectivity index (χ4v) is 5.58. The zero-order valence-electron chi connectivity index (χ0n) is 22.0. The molecule has 3 aromatic rings. The van der Waals surface area contributed by atoms with Crippen molar-refractivity contribution < 1.29 is 14.5 Å². The van der Waals surface area contributed by atoms with Crippen LogP contribution in [0, 0.1) is 16.0 Å². The molecule has 0 radical (unpaired) electrons. The summed E-state index contributed by atoms with van der Waals surface area (Å²) in [4.78, 5) is 39.8. The normalized spacial score (nSPS) is 20.9. The fraction of sp³-hybridized carbons (Fsp3) is 0.290. The molecule has 0 saturated carbocycles. The summed E-state index contributed by atoms with van der Waals surface area (Å²) < 4.78 is 0. The van der Waals surface area contributed by atoms with E-state index in [4.69, 9.17) is 0 Å². The Morgan fingerprint density at radius 1 is 1.00 bits per heavy atom. The van der Waals surface area contributed by atoms with Gasteiger partial charge in [0.05, 0.1) is 28.3 Å². The third-order valence-electron chi connectivity index (χ3n) is 7.49. The number of carbonyl (C=O) groups excluding carboxylic acids is 2. The molecule has 3 atom stereocenters. The number of hydrogen-bond acceptors (Lipinski definition) is 5. The topological polar surface area (TPSA) is 92.6 Å². The summed E-state index contributed by atoms with van der Waals surface area (Å²) in [6, 6.07) is 21.3. The molecule has 0 spiro atoms. The van der Waals surface area contributed by atoms with Gasteiger partial charge in [0.15, 0.2) is 0 Å². The highest BCUT2D eigenvalue weighted by Gasteiger charge is 2.44. The number of anilines is 2. The van der Waals surface area contributed by atoms with Gasteiger partial charge in [-0.2, -0.15) is 0 Å². The van der Waals surface area contributed by atoms with E-state index in [0.29, 0.717) is 22.6 Å². The summed E-state index contributed by atoms with van der Waals surface area (Å²) in [6.07, 6.45) is 2.36. The van der Waals surface area contributed by atoms with E-state index < -0.39 is 16.9 Å². The first-order valence-electron chi connectivity index (χ1n) is 12.8. The molecule has 0 bridgehead atoms. The van der Waals surface area contributed by atoms with Gasteiger partial charge in [0.2, 0.25) is 5.91 Å². The number of non-ortho nitro benzene ring substituents is 1. The Bertz CT molecular complexity index is 1450. The van der Waals surface area contributed by atoms with E-state index in [1.165, 1.54) is 24.6 Å². The Hall–Kier alpha value is -4.26. The Balaban J connectivity index is 1.66. The molecule has 1 heterocycles. The van der Waals surface area contributed by atoms with Crippen LogP contribution in [0.5, 0.6) is 0 Å². The molecule has 3 aromatic carbocycles. The molecular formula is C31H31N3O4. The maximum Gasteiger partial charge on any atom is 0.269 e. The second-order valence-electron chi connectivity index (χ2n) is 11.1. The molecular weight excluding hydrogens is 478 g/mol. The minimum absolute atomic E-state index is 0.0181. The van der Waals surface area contributed by atoms with Crippen molar-refractivity contribution >= 4 is 28.8 Å². The molecule has 0 fully saturated rings. The number of nitrogens with one attached hydrogen (secondary N) is 1. The van der Waals surface area contributed by atoms with E-state index in [0.717, 1.165) is 5.56 Å². The third-order valence-corrected chi connectivity index (χ3v) is 7.49. The molecule has 0 aromatic heterocycles. The van der Waals surface area contributed by atoms with Crippen molar-refractivity contribution in [1.82, 2.24) is 0 Å². The number of Topliss-reactive ketones (excluding diaryl/α,β-unsaturated/α-hetero) is 1. The summed E-state index contributed by atoms with van der Waals surface area (Å²) in [5, 5.41) is 15.0. The number of benzene rings is 3. The van der Waals surface area contributed by atoms with Crippen molar-refractivity contribution in [2.24, 2.45) is 5.92 Å². The maximum atomic E-state index is 14.0. The smallest absolute Gasteiger partial charge is 0.269 e. The first-order chi connectivity index (χ1) is 18.0. The molecule has 1 N–H and O–H groups in total. The van der Waals surface area contributed by atoms with Gasteiger partial charge in [0.25, 0.3) is 5.69 Å². The van der Waals surface area contributed by atoms with Gasteiger partial charge in [-0.3, -0.25) is 19.7 Å². The van der Waals surface area contributed by atoms with Crippen molar-refractivity contribution in [2.75, 3.05) is 10.2 Å². The van der Waals surface area contributed by atoms with Gasteiger partial charge in [0, 0.05) is 37.1 Å². The number of allylic oxidation sites excluding steroid dienone is 1. The minimum Gasteiger partial charge on any atom is -0.357 e. The number of amides is 1. The van der Waals surface area contributed by atoms with Gasteiger partial charge >= 0.3 is 0 Å². The van der Waals surface area contributed by atoms with Crippen LogP contribution in [0.4, 0.5) is 17.1 Å². The largest absolute Gasteiger partial charge is 0.357 e. The Morgan fingerprint density at radius 3 is 2.37 bits per heavy atom. The lowest BCUT2D eigenvalue weighted by Crippen LogP contribution is -2.41. The number of nitrogens with zero attached hydrogens (tertiary/aromatic N) is 2. The molecule has 7 heteroatoms. The highest BCUT2D eigenvalue weighted by molar-refractivity contribution is 6.00. The van der Waals surface area contributed by atoms with Gasteiger partial charge in [-0.15, -0.1) is 0 Å². The van der Waals surface area contributed by atoms with E-state index >= 15 is 0 Å². The monoisotopic (exact) mass is 509 g/mol. The van der Waals surface area contributed by atoms with Crippen LogP contribution in [-0.2, 0) is 15.0 Å².